The zero-order chi connectivity index (χ0) is 19.4. The van der Waals surface area contributed by atoms with Crippen LogP contribution in [-0.2, 0) is 22.7 Å². The lowest BCUT2D eigenvalue weighted by molar-refractivity contribution is -0.125. The average molecular weight is 372 g/mol. The van der Waals surface area contributed by atoms with E-state index in [0.29, 0.717) is 11.1 Å². The lowest BCUT2D eigenvalue weighted by Gasteiger charge is -2.15. The Morgan fingerprint density at radius 1 is 1.22 bits per heavy atom. The number of carbonyl (C=O) groups excluding carboxylic acids is 3. The molecule has 140 valence electrons. The average Bonchev–Trinajstić information content (AvgIpc) is 2.98. The number of benzene rings is 2. The normalized spacial score (nSPS) is 13.5. The predicted octanol–water partition coefficient (Wildman–Crippen LogP) is 2.24. The minimum atomic E-state index is -0.631. The molecule has 1 N–H and O–H groups in total. The van der Waals surface area contributed by atoms with Crippen LogP contribution >= 0.6 is 0 Å². The highest BCUT2D eigenvalue weighted by Crippen LogP contribution is 2.19. The molecule has 27 heavy (non-hydrogen) atoms. The Hall–Kier alpha value is -3.42. The van der Waals surface area contributed by atoms with E-state index in [9.17, 15) is 18.8 Å². The van der Waals surface area contributed by atoms with Crippen molar-refractivity contribution < 1.29 is 28.2 Å². The number of carbonyl (C=O) groups is 3. The Balaban J connectivity index is 1.71. The van der Waals surface area contributed by atoms with Crippen LogP contribution < -0.4 is 10.1 Å². The molecule has 0 saturated carbocycles. The fourth-order valence-corrected chi connectivity index (χ4v) is 2.67. The highest BCUT2D eigenvalue weighted by atomic mass is 19.1. The minimum Gasteiger partial charge on any atom is -0.494 e. The highest BCUT2D eigenvalue weighted by Gasteiger charge is 2.29. The number of halogens is 1. The van der Waals surface area contributed by atoms with E-state index in [1.165, 1.54) is 19.2 Å². The maximum atomic E-state index is 13.7. The molecule has 0 bridgehead atoms. The van der Waals surface area contributed by atoms with E-state index in [0.717, 1.165) is 4.90 Å². The number of nitrogens with one attached hydrogen (secondary N) is 1. The van der Waals surface area contributed by atoms with Crippen molar-refractivity contribution in [2.45, 2.75) is 13.2 Å². The SMILES string of the molecule is COc1ccc(COC(=O)c2ccccc2CN2C(=O)CNC2=O)cc1F. The number of nitrogens with zero attached hydrogens (tertiary/aromatic N) is 1. The van der Waals surface area contributed by atoms with Crippen molar-refractivity contribution >= 4 is 17.9 Å². The van der Waals surface area contributed by atoms with Crippen molar-refractivity contribution in [1.82, 2.24) is 10.2 Å². The summed E-state index contributed by atoms with van der Waals surface area (Å²) in [6, 6.07) is 10.3. The summed E-state index contributed by atoms with van der Waals surface area (Å²) in [4.78, 5) is 36.9. The third-order valence-electron chi connectivity index (χ3n) is 4.09. The van der Waals surface area contributed by atoms with Gasteiger partial charge in [-0.1, -0.05) is 24.3 Å². The van der Waals surface area contributed by atoms with E-state index in [1.54, 1.807) is 30.3 Å². The molecule has 2 aromatic carbocycles. The number of hydrogen-bond acceptors (Lipinski definition) is 5. The fourth-order valence-electron chi connectivity index (χ4n) is 2.67. The zero-order valence-electron chi connectivity index (χ0n) is 14.5. The summed E-state index contributed by atoms with van der Waals surface area (Å²) in [6.45, 7) is -0.223. The summed E-state index contributed by atoms with van der Waals surface area (Å²) in [5.74, 6) is -1.44. The van der Waals surface area contributed by atoms with Gasteiger partial charge in [-0.3, -0.25) is 9.69 Å². The van der Waals surface area contributed by atoms with E-state index >= 15 is 0 Å². The van der Waals surface area contributed by atoms with Gasteiger partial charge in [-0.05, 0) is 29.3 Å². The molecular weight excluding hydrogens is 355 g/mol. The predicted molar refractivity (Wildman–Crippen MR) is 92.5 cm³/mol. The summed E-state index contributed by atoms with van der Waals surface area (Å²) in [6.07, 6.45) is 0. The van der Waals surface area contributed by atoms with Crippen LogP contribution in [0.5, 0.6) is 5.75 Å². The molecule has 2 aromatic rings. The molecule has 1 aliphatic rings. The summed E-state index contributed by atoms with van der Waals surface area (Å²) < 4.78 is 23.8. The number of esters is 1. The molecule has 0 unspecified atom stereocenters. The maximum absolute atomic E-state index is 13.7. The van der Waals surface area contributed by atoms with Crippen molar-refractivity contribution in [3.05, 3.63) is 65.0 Å². The second-order valence-electron chi connectivity index (χ2n) is 5.84. The van der Waals surface area contributed by atoms with Crippen LogP contribution in [0.4, 0.5) is 9.18 Å². The second-order valence-corrected chi connectivity index (χ2v) is 5.84. The number of methoxy groups -OCH3 is 1. The van der Waals surface area contributed by atoms with Gasteiger partial charge in [0, 0.05) is 0 Å². The van der Waals surface area contributed by atoms with Crippen molar-refractivity contribution in [2.75, 3.05) is 13.7 Å². The smallest absolute Gasteiger partial charge is 0.338 e. The van der Waals surface area contributed by atoms with Gasteiger partial charge in [-0.2, -0.15) is 0 Å². The first-order chi connectivity index (χ1) is 13.0. The lowest BCUT2D eigenvalue weighted by Crippen LogP contribution is -2.31. The van der Waals surface area contributed by atoms with Gasteiger partial charge in [0.15, 0.2) is 11.6 Å². The van der Waals surface area contributed by atoms with Gasteiger partial charge >= 0.3 is 12.0 Å². The summed E-state index contributed by atoms with van der Waals surface area (Å²) in [5.41, 5.74) is 1.18. The van der Waals surface area contributed by atoms with Gasteiger partial charge in [-0.15, -0.1) is 0 Å². The Kier molecular flexibility index (Phi) is 5.35. The molecule has 0 aromatic heterocycles. The Bertz CT molecular complexity index is 883. The molecule has 1 saturated heterocycles. The quantitative estimate of drug-likeness (QED) is 0.621. The van der Waals surface area contributed by atoms with Gasteiger partial charge < -0.3 is 14.8 Å². The molecule has 0 aliphatic carbocycles. The van der Waals surface area contributed by atoms with Crippen molar-refractivity contribution in [3.63, 3.8) is 0 Å². The highest BCUT2D eigenvalue weighted by molar-refractivity contribution is 6.02. The van der Waals surface area contributed by atoms with Gasteiger partial charge in [0.1, 0.15) is 6.61 Å². The Morgan fingerprint density at radius 2 is 2.00 bits per heavy atom. The topological polar surface area (TPSA) is 84.9 Å². The first kappa shape index (κ1) is 18.4. The maximum Gasteiger partial charge on any atom is 0.338 e. The monoisotopic (exact) mass is 372 g/mol. The van der Waals surface area contributed by atoms with E-state index in [-0.39, 0.29) is 36.9 Å². The molecule has 0 radical (unpaired) electrons. The van der Waals surface area contributed by atoms with E-state index in [4.69, 9.17) is 9.47 Å². The number of urea groups is 1. The number of rotatable bonds is 6. The molecule has 3 amide bonds. The van der Waals surface area contributed by atoms with Gasteiger partial charge in [-0.25, -0.2) is 14.0 Å². The standard InChI is InChI=1S/C19H17FN2O5/c1-26-16-7-6-12(8-15(16)20)11-27-18(24)14-5-3-2-4-13(14)10-22-17(23)9-21-19(22)25/h2-8H,9-11H2,1H3,(H,21,25). The van der Waals surface area contributed by atoms with Crippen LogP contribution in [-0.4, -0.2) is 36.5 Å². The van der Waals surface area contributed by atoms with Gasteiger partial charge in [0.2, 0.25) is 5.91 Å². The van der Waals surface area contributed by atoms with Crippen LogP contribution in [0.1, 0.15) is 21.5 Å². The van der Waals surface area contributed by atoms with Crippen LogP contribution in [0.2, 0.25) is 0 Å². The molecule has 1 fully saturated rings. The van der Waals surface area contributed by atoms with E-state index < -0.39 is 17.8 Å². The molecule has 1 aliphatic heterocycles. The number of imide groups is 1. The minimum absolute atomic E-state index is 0.0346. The van der Waals surface area contributed by atoms with Gasteiger partial charge in [0.05, 0.1) is 25.8 Å². The first-order valence-electron chi connectivity index (χ1n) is 8.15. The summed E-state index contributed by atoms with van der Waals surface area (Å²) in [5, 5.41) is 2.43. The van der Waals surface area contributed by atoms with E-state index in [2.05, 4.69) is 5.32 Å². The van der Waals surface area contributed by atoms with Crippen LogP contribution in [0.3, 0.4) is 0 Å². The summed E-state index contributed by atoms with van der Waals surface area (Å²) >= 11 is 0. The molecule has 7 nitrogen and oxygen atoms in total. The largest absolute Gasteiger partial charge is 0.494 e. The van der Waals surface area contributed by atoms with E-state index in [1.807, 2.05) is 0 Å². The molecule has 1 heterocycles. The molecule has 8 heteroatoms. The third kappa shape index (κ3) is 4.05. The summed E-state index contributed by atoms with van der Waals surface area (Å²) in [7, 11) is 1.36. The first-order valence-corrected chi connectivity index (χ1v) is 8.15. The van der Waals surface area contributed by atoms with Crippen LogP contribution in [0.15, 0.2) is 42.5 Å². The van der Waals surface area contributed by atoms with Crippen molar-refractivity contribution in [3.8, 4) is 5.75 Å². The van der Waals surface area contributed by atoms with Crippen molar-refractivity contribution in [1.29, 1.82) is 0 Å². The number of hydrogen-bond donors (Lipinski definition) is 1. The van der Waals surface area contributed by atoms with Gasteiger partial charge in [0.25, 0.3) is 0 Å². The molecule has 0 atom stereocenters. The Morgan fingerprint density at radius 3 is 2.67 bits per heavy atom. The lowest BCUT2D eigenvalue weighted by atomic mass is 10.1. The molecule has 0 spiro atoms. The van der Waals surface area contributed by atoms with Crippen LogP contribution in [0, 0.1) is 5.82 Å². The van der Waals surface area contributed by atoms with Crippen molar-refractivity contribution in [2.24, 2.45) is 0 Å². The molecule has 3 rings (SSSR count). The fraction of sp³-hybridized carbons (Fsp3) is 0.211. The Labute approximate surface area is 154 Å². The van der Waals surface area contributed by atoms with Crippen LogP contribution in [0.25, 0.3) is 0 Å². The number of amides is 3. The molecular formula is C19H17FN2O5. The second kappa shape index (κ2) is 7.86. The number of ether oxygens (including phenoxy) is 2. The third-order valence-corrected chi connectivity index (χ3v) is 4.09. The zero-order valence-corrected chi connectivity index (χ0v) is 14.5.